The van der Waals surface area contributed by atoms with Crippen LogP contribution in [0.3, 0.4) is 0 Å². The van der Waals surface area contributed by atoms with Crippen LogP contribution in [0.15, 0.2) is 24.4 Å². The Balaban J connectivity index is 2.72. The van der Waals surface area contributed by atoms with Crippen LogP contribution in [-0.4, -0.2) is 10.5 Å². The first-order valence-corrected chi connectivity index (χ1v) is 2.92. The van der Waals surface area contributed by atoms with Crippen LogP contribution in [0.5, 0.6) is 5.88 Å². The van der Waals surface area contributed by atoms with Gasteiger partial charge in [0.1, 0.15) is 0 Å². The molecule has 2 nitrogen and oxygen atoms in total. The Bertz CT molecular complexity index is 188. The number of hydrogen-bond donors (Lipinski definition) is 0. The summed E-state index contributed by atoms with van der Waals surface area (Å²) in [4.78, 5) is 3.85. The monoisotopic (exact) mass is 139 g/mol. The summed E-state index contributed by atoms with van der Waals surface area (Å²) in [5.74, 6) is 0.535. The smallest absolute Gasteiger partial charge is 0.219 e. The number of nitrogens with zero attached hydrogens (tertiary/aromatic N) is 1. The van der Waals surface area contributed by atoms with Crippen molar-refractivity contribution < 1.29 is 4.74 Å². The number of hydrogen-bond acceptors (Lipinski definition) is 3. The molecule has 1 heterocycles. The van der Waals surface area contributed by atoms with E-state index in [0.29, 0.717) is 5.88 Å². The van der Waals surface area contributed by atoms with E-state index < -0.39 is 0 Å². The van der Waals surface area contributed by atoms with Gasteiger partial charge >= 0.3 is 0 Å². The fraction of sp³-hybridized carbons (Fsp3) is 0. The summed E-state index contributed by atoms with van der Waals surface area (Å²) in [5.41, 5.74) is 1.18. The third kappa shape index (κ3) is 1.77. The highest BCUT2D eigenvalue weighted by Gasteiger charge is 1.84. The maximum absolute atomic E-state index is 4.78. The van der Waals surface area contributed by atoms with E-state index in [1.54, 1.807) is 12.3 Å². The molecule has 0 amide bonds. The predicted octanol–water partition coefficient (Wildman–Crippen LogP) is 1.42. The summed E-state index contributed by atoms with van der Waals surface area (Å²) in [6.45, 7) is 0. The maximum atomic E-state index is 4.78. The summed E-state index contributed by atoms with van der Waals surface area (Å²) in [5, 5.41) is 0. The number of thiocarbonyl (C=S) groups is 1. The zero-order valence-electron chi connectivity index (χ0n) is 4.65. The average Bonchev–Trinajstić information content (AvgIpc) is 1.91. The molecule has 0 spiro atoms. The van der Waals surface area contributed by atoms with Crippen molar-refractivity contribution >= 4 is 17.8 Å². The van der Waals surface area contributed by atoms with E-state index in [-0.39, 0.29) is 0 Å². The van der Waals surface area contributed by atoms with Crippen LogP contribution in [0.1, 0.15) is 0 Å². The van der Waals surface area contributed by atoms with Gasteiger partial charge in [-0.3, -0.25) is 0 Å². The second-order valence-corrected chi connectivity index (χ2v) is 1.57. The Morgan fingerprint density at radius 2 is 2.44 bits per heavy atom. The third-order valence-corrected chi connectivity index (χ3v) is 0.903. The lowest BCUT2D eigenvalue weighted by molar-refractivity contribution is 0.560. The van der Waals surface area contributed by atoms with Gasteiger partial charge in [0.25, 0.3) is 0 Å². The number of pyridine rings is 1. The standard InChI is InChI=1S/C6H5NOS/c9-5-8-6-3-1-2-4-7-6/h1-5H. The molecule has 0 atom stereocenters. The first-order valence-electron chi connectivity index (χ1n) is 2.45. The van der Waals surface area contributed by atoms with Gasteiger partial charge in [0.2, 0.25) is 5.88 Å². The quantitative estimate of drug-likeness (QED) is 0.578. The minimum atomic E-state index is 0.535. The van der Waals surface area contributed by atoms with E-state index in [1.807, 2.05) is 12.1 Å². The molecule has 0 aliphatic rings. The largest absolute Gasteiger partial charge is 0.435 e. The minimum Gasteiger partial charge on any atom is -0.435 e. The van der Waals surface area contributed by atoms with Gasteiger partial charge < -0.3 is 4.74 Å². The van der Waals surface area contributed by atoms with Crippen LogP contribution in [0.25, 0.3) is 0 Å². The normalized spacial score (nSPS) is 8.44. The minimum absolute atomic E-state index is 0.535. The van der Waals surface area contributed by atoms with Crippen molar-refractivity contribution in [3.8, 4) is 5.88 Å². The lowest BCUT2D eigenvalue weighted by Crippen LogP contribution is -1.87. The average molecular weight is 139 g/mol. The first-order chi connectivity index (χ1) is 4.43. The molecule has 0 bridgehead atoms. The lowest BCUT2D eigenvalue weighted by atomic mass is 10.5. The summed E-state index contributed by atoms with van der Waals surface area (Å²) in [7, 11) is 0. The summed E-state index contributed by atoms with van der Waals surface area (Å²) in [6, 6.07) is 5.39. The molecule has 0 unspecified atom stereocenters. The molecular weight excluding hydrogens is 134 g/mol. The van der Waals surface area contributed by atoms with E-state index >= 15 is 0 Å². The molecule has 1 aromatic heterocycles. The summed E-state index contributed by atoms with van der Waals surface area (Å²) >= 11 is 4.45. The summed E-state index contributed by atoms with van der Waals surface area (Å²) < 4.78 is 4.78. The molecule has 3 heteroatoms. The van der Waals surface area contributed by atoms with Crippen molar-refractivity contribution in [3.05, 3.63) is 24.4 Å². The van der Waals surface area contributed by atoms with Gasteiger partial charge in [0.05, 0.1) is 0 Å². The molecular formula is C6H5NOS. The second-order valence-electron chi connectivity index (χ2n) is 1.38. The third-order valence-electron chi connectivity index (χ3n) is 0.807. The van der Waals surface area contributed by atoms with Crippen LogP contribution >= 0.6 is 12.2 Å². The van der Waals surface area contributed by atoms with Gasteiger partial charge in [-0.1, -0.05) is 6.07 Å². The SMILES string of the molecule is S=COc1ccccn1. The Hall–Kier alpha value is -0.960. The van der Waals surface area contributed by atoms with E-state index in [9.17, 15) is 0 Å². The molecule has 1 aromatic rings. The molecule has 0 aliphatic heterocycles. The van der Waals surface area contributed by atoms with Gasteiger partial charge in [-0.15, -0.1) is 0 Å². The number of ether oxygens (including phenoxy) is 1. The zero-order chi connectivity index (χ0) is 6.53. The Morgan fingerprint density at radius 1 is 1.56 bits per heavy atom. The van der Waals surface area contributed by atoms with Gasteiger partial charge in [0.15, 0.2) is 5.55 Å². The molecule has 1 rings (SSSR count). The highest BCUT2D eigenvalue weighted by atomic mass is 32.1. The van der Waals surface area contributed by atoms with Gasteiger partial charge in [-0.25, -0.2) is 4.98 Å². The van der Waals surface area contributed by atoms with Crippen LogP contribution in [-0.2, 0) is 0 Å². The van der Waals surface area contributed by atoms with Crippen LogP contribution < -0.4 is 4.74 Å². The molecule has 0 fully saturated rings. The highest BCUT2D eigenvalue weighted by molar-refractivity contribution is 7.78. The second kappa shape index (κ2) is 3.14. The Kier molecular flexibility index (Phi) is 2.15. The van der Waals surface area contributed by atoms with Gasteiger partial charge in [-0.05, 0) is 18.3 Å². The molecule has 0 N–H and O–H groups in total. The van der Waals surface area contributed by atoms with E-state index in [1.165, 1.54) is 5.55 Å². The molecule has 0 radical (unpaired) electrons. The van der Waals surface area contributed by atoms with Crippen molar-refractivity contribution in [1.82, 2.24) is 4.98 Å². The molecule has 0 saturated carbocycles. The van der Waals surface area contributed by atoms with Crippen molar-refractivity contribution in [1.29, 1.82) is 0 Å². The molecule has 0 aromatic carbocycles. The van der Waals surface area contributed by atoms with Crippen molar-refractivity contribution in [3.63, 3.8) is 0 Å². The Morgan fingerprint density at radius 3 is 3.00 bits per heavy atom. The number of rotatable bonds is 2. The summed E-state index contributed by atoms with van der Waals surface area (Å²) in [6.07, 6.45) is 1.65. The van der Waals surface area contributed by atoms with Crippen LogP contribution in [0.4, 0.5) is 0 Å². The van der Waals surface area contributed by atoms with Crippen molar-refractivity contribution in [2.24, 2.45) is 0 Å². The van der Waals surface area contributed by atoms with E-state index in [0.717, 1.165) is 0 Å². The highest BCUT2D eigenvalue weighted by Crippen LogP contribution is 2.00. The molecule has 0 saturated heterocycles. The first kappa shape index (κ1) is 6.16. The molecule has 46 valence electrons. The topological polar surface area (TPSA) is 22.1 Å². The fourth-order valence-corrected chi connectivity index (χ4v) is 0.565. The molecule has 9 heavy (non-hydrogen) atoms. The predicted molar refractivity (Wildman–Crippen MR) is 38.5 cm³/mol. The van der Waals surface area contributed by atoms with Gasteiger partial charge in [0, 0.05) is 12.3 Å². The van der Waals surface area contributed by atoms with E-state index in [4.69, 9.17) is 4.74 Å². The van der Waals surface area contributed by atoms with Crippen molar-refractivity contribution in [2.45, 2.75) is 0 Å². The van der Waals surface area contributed by atoms with E-state index in [2.05, 4.69) is 17.2 Å². The van der Waals surface area contributed by atoms with Gasteiger partial charge in [-0.2, -0.15) is 0 Å². The lowest BCUT2D eigenvalue weighted by Gasteiger charge is -1.92. The zero-order valence-corrected chi connectivity index (χ0v) is 5.47. The number of aromatic nitrogens is 1. The van der Waals surface area contributed by atoms with Crippen LogP contribution in [0.2, 0.25) is 0 Å². The fourth-order valence-electron chi connectivity index (χ4n) is 0.466. The van der Waals surface area contributed by atoms with Crippen molar-refractivity contribution in [2.75, 3.05) is 0 Å². The van der Waals surface area contributed by atoms with Crippen LogP contribution in [0, 0.1) is 0 Å². The Labute approximate surface area is 58.5 Å². The maximum Gasteiger partial charge on any atom is 0.219 e. The molecule has 0 aliphatic carbocycles.